The minimum atomic E-state index is -3.34. The summed E-state index contributed by atoms with van der Waals surface area (Å²) in [4.78, 5) is 16.8. The van der Waals surface area contributed by atoms with Crippen molar-refractivity contribution in [2.45, 2.75) is 56.6 Å². The van der Waals surface area contributed by atoms with Crippen molar-refractivity contribution in [3.05, 3.63) is 0 Å². The highest BCUT2D eigenvalue weighted by atomic mass is 32.2. The molecule has 0 spiro atoms. The van der Waals surface area contributed by atoms with Crippen molar-refractivity contribution in [2.24, 2.45) is 11.8 Å². The third-order valence-electron chi connectivity index (χ3n) is 6.60. The van der Waals surface area contributed by atoms with Gasteiger partial charge in [0.25, 0.3) is 0 Å². The fourth-order valence-corrected chi connectivity index (χ4v) is 6.54. The van der Waals surface area contributed by atoms with E-state index in [-0.39, 0.29) is 11.8 Å². The number of hydrogen-bond donors (Lipinski definition) is 0. The number of amides is 1. The zero-order valence-corrected chi connectivity index (χ0v) is 17.2. The number of carbonyl (C=O) groups excluding carboxylic acids is 1. The van der Waals surface area contributed by atoms with Gasteiger partial charge in [0.05, 0.1) is 5.25 Å². The minimum Gasteiger partial charge on any atom is -0.341 e. The molecule has 0 aromatic heterocycles. The first-order valence-corrected chi connectivity index (χ1v) is 11.8. The van der Waals surface area contributed by atoms with Crippen LogP contribution in [0.3, 0.4) is 0 Å². The molecule has 0 radical (unpaired) electrons. The van der Waals surface area contributed by atoms with Crippen molar-refractivity contribution < 1.29 is 13.2 Å². The Kier molecular flexibility index (Phi) is 6.62. The zero-order chi connectivity index (χ0) is 18.7. The second-order valence-corrected chi connectivity index (χ2v) is 10.9. The van der Waals surface area contributed by atoms with E-state index in [4.69, 9.17) is 0 Å². The number of sulfonamides is 1. The second kappa shape index (κ2) is 8.57. The molecule has 1 amide bonds. The molecule has 3 aliphatic rings. The summed E-state index contributed by atoms with van der Waals surface area (Å²) in [6, 6.07) is 0. The second-order valence-electron chi connectivity index (χ2n) is 8.60. The molecule has 1 saturated carbocycles. The Hall–Kier alpha value is -0.660. The third kappa shape index (κ3) is 4.60. The van der Waals surface area contributed by atoms with Gasteiger partial charge in [0, 0.05) is 32.6 Å². The predicted molar refractivity (Wildman–Crippen MR) is 103 cm³/mol. The largest absolute Gasteiger partial charge is 0.341 e. The van der Waals surface area contributed by atoms with Crippen LogP contribution in [-0.2, 0) is 14.8 Å². The lowest BCUT2D eigenvalue weighted by atomic mass is 9.97. The van der Waals surface area contributed by atoms with Crippen LogP contribution >= 0.6 is 0 Å². The smallest absolute Gasteiger partial charge is 0.225 e. The summed E-state index contributed by atoms with van der Waals surface area (Å²) < 4.78 is 27.8. The average Bonchev–Trinajstić information content (AvgIpc) is 3.17. The number of hydrogen-bond acceptors (Lipinski definition) is 4. The number of likely N-dealkylation sites (tertiary alicyclic amines) is 2. The Labute approximate surface area is 158 Å². The van der Waals surface area contributed by atoms with Crippen LogP contribution in [0.5, 0.6) is 0 Å². The van der Waals surface area contributed by atoms with E-state index in [2.05, 4.69) is 11.9 Å². The number of carbonyl (C=O) groups is 1. The fraction of sp³-hybridized carbons (Fsp3) is 0.947. The van der Waals surface area contributed by atoms with E-state index >= 15 is 0 Å². The van der Waals surface area contributed by atoms with Gasteiger partial charge in [0.2, 0.25) is 15.9 Å². The van der Waals surface area contributed by atoms with E-state index in [1.165, 1.54) is 0 Å². The third-order valence-corrected chi connectivity index (χ3v) is 8.85. The van der Waals surface area contributed by atoms with Crippen molar-refractivity contribution in [3.8, 4) is 0 Å². The molecule has 3 fully saturated rings. The maximum absolute atomic E-state index is 13.1. The van der Waals surface area contributed by atoms with Crippen LogP contribution < -0.4 is 0 Å². The van der Waals surface area contributed by atoms with Crippen LogP contribution in [0.25, 0.3) is 0 Å². The van der Waals surface area contributed by atoms with E-state index in [9.17, 15) is 13.2 Å². The summed E-state index contributed by atoms with van der Waals surface area (Å²) in [7, 11) is 0.508. The molecule has 2 saturated heterocycles. The fourth-order valence-electron chi connectivity index (χ4n) is 4.78. The SMILES string of the molecule is CN1CCC(CN(C)S(=O)(=O)C2CCCN(C(=O)C3CCCC3)C2)CC1. The molecule has 3 rings (SSSR count). The average molecular weight is 386 g/mol. The summed E-state index contributed by atoms with van der Waals surface area (Å²) in [5.41, 5.74) is 0. The first-order chi connectivity index (χ1) is 12.4. The lowest BCUT2D eigenvalue weighted by molar-refractivity contribution is -0.136. The summed E-state index contributed by atoms with van der Waals surface area (Å²) in [5, 5.41) is -0.433. The van der Waals surface area contributed by atoms with Crippen molar-refractivity contribution in [3.63, 3.8) is 0 Å². The Bertz CT molecular complexity index is 581. The highest BCUT2D eigenvalue weighted by Crippen LogP contribution is 2.29. The van der Waals surface area contributed by atoms with Crippen molar-refractivity contribution >= 4 is 15.9 Å². The number of nitrogens with zero attached hydrogens (tertiary/aromatic N) is 3. The molecule has 150 valence electrons. The van der Waals surface area contributed by atoms with Crippen LogP contribution in [-0.4, -0.2) is 80.5 Å². The van der Waals surface area contributed by atoms with Gasteiger partial charge in [0.1, 0.15) is 0 Å². The van der Waals surface area contributed by atoms with E-state index in [0.717, 1.165) is 64.6 Å². The first-order valence-electron chi connectivity index (χ1n) is 10.3. The van der Waals surface area contributed by atoms with Gasteiger partial charge in [-0.2, -0.15) is 0 Å². The van der Waals surface area contributed by atoms with Gasteiger partial charge in [-0.25, -0.2) is 12.7 Å². The molecule has 1 aliphatic carbocycles. The lowest BCUT2D eigenvalue weighted by Crippen LogP contribution is -2.50. The zero-order valence-electron chi connectivity index (χ0n) is 16.4. The highest BCUT2D eigenvalue weighted by Gasteiger charge is 2.38. The van der Waals surface area contributed by atoms with Gasteiger partial charge >= 0.3 is 0 Å². The van der Waals surface area contributed by atoms with E-state index < -0.39 is 15.3 Å². The van der Waals surface area contributed by atoms with Crippen LogP contribution in [0.15, 0.2) is 0 Å². The van der Waals surface area contributed by atoms with Gasteiger partial charge in [-0.3, -0.25) is 4.79 Å². The molecule has 0 N–H and O–H groups in total. The molecule has 0 bridgehead atoms. The molecule has 0 aromatic carbocycles. The summed E-state index contributed by atoms with van der Waals surface area (Å²) in [6.45, 7) is 3.82. The van der Waals surface area contributed by atoms with Crippen LogP contribution in [0.2, 0.25) is 0 Å². The predicted octanol–water partition coefficient (Wildman–Crippen LogP) is 1.77. The van der Waals surface area contributed by atoms with Crippen LogP contribution in [0, 0.1) is 11.8 Å². The number of rotatable bonds is 5. The molecule has 2 aliphatic heterocycles. The Morgan fingerprint density at radius 2 is 1.65 bits per heavy atom. The monoisotopic (exact) mass is 385 g/mol. The van der Waals surface area contributed by atoms with E-state index in [1.54, 1.807) is 11.4 Å². The van der Waals surface area contributed by atoms with Gasteiger partial charge in [0.15, 0.2) is 0 Å². The van der Waals surface area contributed by atoms with Gasteiger partial charge < -0.3 is 9.80 Å². The lowest BCUT2D eigenvalue weighted by Gasteiger charge is -2.37. The maximum atomic E-state index is 13.1. The minimum absolute atomic E-state index is 0.133. The summed E-state index contributed by atoms with van der Waals surface area (Å²) in [5.74, 6) is 0.777. The Balaban J connectivity index is 1.57. The molecular weight excluding hydrogens is 350 g/mol. The van der Waals surface area contributed by atoms with Gasteiger partial charge in [-0.15, -0.1) is 0 Å². The summed E-state index contributed by atoms with van der Waals surface area (Å²) in [6.07, 6.45) is 7.81. The number of piperidine rings is 2. The molecule has 26 heavy (non-hydrogen) atoms. The molecular formula is C19H35N3O3S. The molecule has 6 nitrogen and oxygen atoms in total. The highest BCUT2D eigenvalue weighted by molar-refractivity contribution is 7.89. The normalized spacial score (nSPS) is 27.3. The van der Waals surface area contributed by atoms with Crippen LogP contribution in [0.4, 0.5) is 0 Å². The molecule has 7 heteroatoms. The maximum Gasteiger partial charge on any atom is 0.225 e. The van der Waals surface area contributed by atoms with Crippen molar-refractivity contribution in [1.82, 2.24) is 14.1 Å². The van der Waals surface area contributed by atoms with Crippen LogP contribution in [0.1, 0.15) is 51.4 Å². The topological polar surface area (TPSA) is 60.9 Å². The Morgan fingerprint density at radius 1 is 1.00 bits per heavy atom. The quantitative estimate of drug-likeness (QED) is 0.724. The molecule has 1 atom stereocenters. The standard InChI is InChI=1S/C19H35N3O3S/c1-20-12-9-16(10-13-20)14-21(2)26(24,25)18-8-5-11-22(15-18)19(23)17-6-3-4-7-17/h16-18H,3-15H2,1-2H3. The van der Waals surface area contributed by atoms with Gasteiger partial charge in [-0.05, 0) is 64.6 Å². The van der Waals surface area contributed by atoms with Gasteiger partial charge in [-0.1, -0.05) is 12.8 Å². The van der Waals surface area contributed by atoms with Crippen molar-refractivity contribution in [2.75, 3.05) is 46.8 Å². The molecule has 1 unspecified atom stereocenters. The van der Waals surface area contributed by atoms with E-state index in [1.807, 2.05) is 4.90 Å². The van der Waals surface area contributed by atoms with E-state index in [0.29, 0.717) is 25.4 Å². The summed E-state index contributed by atoms with van der Waals surface area (Å²) >= 11 is 0. The first kappa shape index (κ1) is 20.1. The molecule has 0 aromatic rings. The van der Waals surface area contributed by atoms with Crippen molar-refractivity contribution in [1.29, 1.82) is 0 Å². The Morgan fingerprint density at radius 3 is 2.31 bits per heavy atom. The molecule has 2 heterocycles.